The molecule has 1 unspecified atom stereocenters. The third kappa shape index (κ3) is 2.32. The number of likely N-dealkylation sites (N-methyl/N-ethyl adjacent to an activating group) is 2. The summed E-state index contributed by atoms with van der Waals surface area (Å²) in [5.41, 5.74) is 1.59. The number of aliphatic hydroxyl groups excluding tert-OH is 1. The summed E-state index contributed by atoms with van der Waals surface area (Å²) in [7, 11) is 3.58. The molecule has 1 atom stereocenters. The molecule has 5 nitrogen and oxygen atoms in total. The second-order valence-electron chi connectivity index (χ2n) is 4.49. The molecule has 0 saturated carbocycles. The first-order chi connectivity index (χ1) is 8.65. The summed E-state index contributed by atoms with van der Waals surface area (Å²) in [6.45, 7) is 1.85. The Morgan fingerprint density at radius 1 is 1.39 bits per heavy atom. The van der Waals surface area contributed by atoms with E-state index in [-0.39, 0.29) is 6.03 Å². The summed E-state index contributed by atoms with van der Waals surface area (Å²) in [6.07, 6.45) is -0.607. The quantitative estimate of drug-likeness (QED) is 0.830. The van der Waals surface area contributed by atoms with Crippen LogP contribution in [0.15, 0.2) is 24.3 Å². The molecule has 1 aliphatic heterocycles. The molecule has 18 heavy (non-hydrogen) atoms. The van der Waals surface area contributed by atoms with Crippen LogP contribution in [0.25, 0.3) is 0 Å². The first-order valence-electron chi connectivity index (χ1n) is 6.09. The molecule has 2 N–H and O–H groups in total. The Hall–Kier alpha value is -1.59. The van der Waals surface area contributed by atoms with Crippen molar-refractivity contribution in [3.8, 4) is 0 Å². The number of rotatable bonds is 4. The van der Waals surface area contributed by atoms with E-state index in [0.717, 1.165) is 17.8 Å². The van der Waals surface area contributed by atoms with Crippen molar-refractivity contribution in [2.75, 3.05) is 38.6 Å². The monoisotopic (exact) mass is 249 g/mol. The van der Waals surface area contributed by atoms with Crippen molar-refractivity contribution < 1.29 is 9.90 Å². The van der Waals surface area contributed by atoms with Gasteiger partial charge >= 0.3 is 6.03 Å². The Balaban J connectivity index is 2.30. The number of urea groups is 1. The van der Waals surface area contributed by atoms with Gasteiger partial charge in [-0.3, -0.25) is 4.90 Å². The van der Waals surface area contributed by atoms with Crippen LogP contribution in [0.3, 0.4) is 0 Å². The molecule has 0 bridgehead atoms. The SMILES string of the molecule is CNCC(O)c1ccccc1N1CCN(C)C1=O. The number of nitrogens with zero attached hydrogens (tertiary/aromatic N) is 2. The predicted octanol–water partition coefficient (Wildman–Crippen LogP) is 0.811. The van der Waals surface area contributed by atoms with Gasteiger partial charge in [0.1, 0.15) is 0 Å². The van der Waals surface area contributed by atoms with E-state index in [9.17, 15) is 9.90 Å². The van der Waals surface area contributed by atoms with E-state index < -0.39 is 6.10 Å². The molecular formula is C13H19N3O2. The first kappa shape index (κ1) is 12.9. The lowest BCUT2D eigenvalue weighted by Crippen LogP contribution is -2.30. The summed E-state index contributed by atoms with van der Waals surface area (Å²) in [6, 6.07) is 7.49. The molecule has 1 aromatic rings. The molecule has 1 fully saturated rings. The Labute approximate surface area is 107 Å². The predicted molar refractivity (Wildman–Crippen MR) is 70.7 cm³/mol. The van der Waals surface area contributed by atoms with Crippen LogP contribution in [0.1, 0.15) is 11.7 Å². The van der Waals surface area contributed by atoms with Crippen LogP contribution < -0.4 is 10.2 Å². The normalized spacial score (nSPS) is 17.4. The van der Waals surface area contributed by atoms with Gasteiger partial charge in [0.05, 0.1) is 11.8 Å². The van der Waals surface area contributed by atoms with Crippen LogP contribution in [0.4, 0.5) is 10.5 Å². The van der Waals surface area contributed by atoms with Crippen molar-refractivity contribution in [1.29, 1.82) is 0 Å². The number of para-hydroxylation sites is 1. The fourth-order valence-electron chi connectivity index (χ4n) is 2.19. The largest absolute Gasteiger partial charge is 0.387 e. The molecule has 0 aromatic heterocycles. The summed E-state index contributed by atoms with van der Waals surface area (Å²) >= 11 is 0. The fourth-order valence-corrected chi connectivity index (χ4v) is 2.19. The Morgan fingerprint density at radius 2 is 2.11 bits per heavy atom. The second kappa shape index (κ2) is 5.37. The highest BCUT2D eigenvalue weighted by Gasteiger charge is 2.29. The number of amides is 2. The third-order valence-electron chi connectivity index (χ3n) is 3.20. The molecule has 1 aliphatic rings. The minimum atomic E-state index is -0.607. The third-order valence-corrected chi connectivity index (χ3v) is 3.20. The van der Waals surface area contributed by atoms with Gasteiger partial charge in [-0.25, -0.2) is 4.79 Å². The number of benzene rings is 1. The smallest absolute Gasteiger partial charge is 0.324 e. The number of hydrogen-bond donors (Lipinski definition) is 2. The van der Waals surface area contributed by atoms with Crippen molar-refractivity contribution >= 4 is 11.7 Å². The Kier molecular flexibility index (Phi) is 3.84. The van der Waals surface area contributed by atoms with Gasteiger partial charge in [-0.15, -0.1) is 0 Å². The van der Waals surface area contributed by atoms with Crippen LogP contribution in [0, 0.1) is 0 Å². The standard InChI is InChI=1S/C13H19N3O2/c1-14-9-12(17)10-5-3-4-6-11(10)16-8-7-15(2)13(16)18/h3-6,12,14,17H,7-9H2,1-2H3. The summed E-state index contributed by atoms with van der Waals surface area (Å²) in [5.74, 6) is 0. The van der Waals surface area contributed by atoms with Crippen molar-refractivity contribution in [2.45, 2.75) is 6.10 Å². The van der Waals surface area contributed by atoms with Crippen LogP contribution in [0.2, 0.25) is 0 Å². The molecular weight excluding hydrogens is 230 g/mol. The minimum Gasteiger partial charge on any atom is -0.387 e. The molecule has 2 rings (SSSR count). The van der Waals surface area contributed by atoms with Gasteiger partial charge in [0.2, 0.25) is 0 Å². The van der Waals surface area contributed by atoms with E-state index in [1.54, 1.807) is 23.9 Å². The van der Waals surface area contributed by atoms with Gasteiger partial charge < -0.3 is 15.3 Å². The molecule has 2 amide bonds. The van der Waals surface area contributed by atoms with E-state index in [1.165, 1.54) is 0 Å². The zero-order chi connectivity index (χ0) is 13.1. The van der Waals surface area contributed by atoms with E-state index in [4.69, 9.17) is 0 Å². The van der Waals surface area contributed by atoms with Crippen molar-refractivity contribution in [1.82, 2.24) is 10.2 Å². The van der Waals surface area contributed by atoms with Gasteiger partial charge in [0, 0.05) is 32.2 Å². The van der Waals surface area contributed by atoms with Crippen LogP contribution in [-0.2, 0) is 0 Å². The van der Waals surface area contributed by atoms with Crippen LogP contribution >= 0.6 is 0 Å². The van der Waals surface area contributed by atoms with E-state index in [0.29, 0.717) is 13.1 Å². The number of carbonyl (C=O) groups is 1. The molecule has 1 aromatic carbocycles. The van der Waals surface area contributed by atoms with Crippen LogP contribution in [0.5, 0.6) is 0 Å². The van der Waals surface area contributed by atoms with Gasteiger partial charge in [0.25, 0.3) is 0 Å². The van der Waals surface area contributed by atoms with Crippen molar-refractivity contribution in [3.63, 3.8) is 0 Å². The molecule has 0 aliphatic carbocycles. The minimum absolute atomic E-state index is 0.0147. The fraction of sp³-hybridized carbons (Fsp3) is 0.462. The van der Waals surface area contributed by atoms with Gasteiger partial charge in [-0.05, 0) is 13.1 Å². The summed E-state index contributed by atoms with van der Waals surface area (Å²) in [5, 5.41) is 13.0. The second-order valence-corrected chi connectivity index (χ2v) is 4.49. The van der Waals surface area contributed by atoms with Gasteiger partial charge in [-0.2, -0.15) is 0 Å². The molecule has 1 saturated heterocycles. The number of hydrogen-bond acceptors (Lipinski definition) is 3. The highest BCUT2D eigenvalue weighted by Crippen LogP contribution is 2.28. The summed E-state index contributed by atoms with van der Waals surface area (Å²) < 4.78 is 0. The highest BCUT2D eigenvalue weighted by atomic mass is 16.3. The topological polar surface area (TPSA) is 55.8 Å². The maximum absolute atomic E-state index is 12.0. The molecule has 1 heterocycles. The van der Waals surface area contributed by atoms with E-state index in [2.05, 4.69) is 5.32 Å². The molecule has 0 radical (unpaired) electrons. The maximum atomic E-state index is 12.0. The molecule has 98 valence electrons. The number of nitrogens with one attached hydrogen (secondary N) is 1. The molecule has 0 spiro atoms. The Bertz CT molecular complexity index is 436. The van der Waals surface area contributed by atoms with Crippen molar-refractivity contribution in [2.24, 2.45) is 0 Å². The Morgan fingerprint density at radius 3 is 2.72 bits per heavy atom. The lowest BCUT2D eigenvalue weighted by Gasteiger charge is -2.22. The highest BCUT2D eigenvalue weighted by molar-refractivity contribution is 5.94. The number of aliphatic hydroxyl groups is 1. The van der Waals surface area contributed by atoms with E-state index in [1.807, 2.05) is 24.3 Å². The van der Waals surface area contributed by atoms with Crippen LogP contribution in [-0.4, -0.2) is 49.8 Å². The van der Waals surface area contributed by atoms with Gasteiger partial charge in [-0.1, -0.05) is 18.2 Å². The zero-order valence-corrected chi connectivity index (χ0v) is 10.8. The molecule has 5 heteroatoms. The lowest BCUT2D eigenvalue weighted by molar-refractivity contribution is 0.178. The average Bonchev–Trinajstić information content (AvgIpc) is 2.70. The average molecular weight is 249 g/mol. The number of carbonyl (C=O) groups excluding carboxylic acids is 1. The zero-order valence-electron chi connectivity index (χ0n) is 10.8. The number of anilines is 1. The maximum Gasteiger partial charge on any atom is 0.324 e. The first-order valence-corrected chi connectivity index (χ1v) is 6.09. The van der Waals surface area contributed by atoms with E-state index >= 15 is 0 Å². The summed E-state index contributed by atoms with van der Waals surface area (Å²) in [4.78, 5) is 15.4. The van der Waals surface area contributed by atoms with Gasteiger partial charge in [0.15, 0.2) is 0 Å². The lowest BCUT2D eigenvalue weighted by atomic mass is 10.1. The van der Waals surface area contributed by atoms with Crippen molar-refractivity contribution in [3.05, 3.63) is 29.8 Å².